The molecule has 0 bridgehead atoms. The Morgan fingerprint density at radius 2 is 2.27 bits per heavy atom. The molecule has 0 amide bonds. The van der Waals surface area contributed by atoms with Crippen molar-refractivity contribution in [2.24, 2.45) is 0 Å². The van der Waals surface area contributed by atoms with Gasteiger partial charge in [-0.3, -0.25) is 9.69 Å². The number of aliphatic hydroxyl groups is 1. The summed E-state index contributed by atoms with van der Waals surface area (Å²) in [6.07, 6.45) is 0. The van der Waals surface area contributed by atoms with Gasteiger partial charge in [-0.2, -0.15) is 5.26 Å². The number of aliphatic carboxylic acids is 1. The summed E-state index contributed by atoms with van der Waals surface area (Å²) in [4.78, 5) is 11.5. The Morgan fingerprint density at radius 1 is 1.64 bits per heavy atom. The highest BCUT2D eigenvalue weighted by Crippen LogP contribution is 1.85. The highest BCUT2D eigenvalue weighted by molar-refractivity contribution is 5.69. The number of hydrogen-bond donors (Lipinski definition) is 2. The molecule has 0 aliphatic rings. The summed E-state index contributed by atoms with van der Waals surface area (Å²) in [5, 5.41) is 24.9. The van der Waals surface area contributed by atoms with E-state index < -0.39 is 5.97 Å². The maximum atomic E-state index is 10.1. The summed E-state index contributed by atoms with van der Waals surface area (Å²) in [7, 11) is 0. The van der Waals surface area contributed by atoms with E-state index in [-0.39, 0.29) is 26.2 Å². The van der Waals surface area contributed by atoms with Crippen molar-refractivity contribution in [2.75, 3.05) is 26.2 Å². The first kappa shape index (κ1) is 9.88. The van der Waals surface area contributed by atoms with Crippen LogP contribution in [0.5, 0.6) is 0 Å². The average Bonchev–Trinajstić information content (AvgIpc) is 1.87. The number of carboxylic acids is 1. The van der Waals surface area contributed by atoms with Crippen LogP contribution in [0.2, 0.25) is 0 Å². The molecular weight excluding hydrogens is 148 g/mol. The molecule has 11 heavy (non-hydrogen) atoms. The summed E-state index contributed by atoms with van der Waals surface area (Å²) in [5.41, 5.74) is 0. The smallest absolute Gasteiger partial charge is 0.317 e. The minimum atomic E-state index is -0.992. The minimum absolute atomic E-state index is 0.0346. The Balaban J connectivity index is 3.70. The molecule has 0 saturated heterocycles. The molecule has 62 valence electrons. The van der Waals surface area contributed by atoms with E-state index in [9.17, 15) is 4.79 Å². The maximum Gasteiger partial charge on any atom is 0.317 e. The molecule has 0 heterocycles. The molecule has 0 atom stereocenters. The van der Waals surface area contributed by atoms with Gasteiger partial charge in [0, 0.05) is 6.54 Å². The lowest BCUT2D eigenvalue weighted by Crippen LogP contribution is -2.32. The van der Waals surface area contributed by atoms with E-state index in [1.54, 1.807) is 0 Å². The Labute approximate surface area is 64.5 Å². The maximum absolute atomic E-state index is 10.1. The fraction of sp³-hybridized carbons (Fsp3) is 0.667. The van der Waals surface area contributed by atoms with Crippen LogP contribution in [0.15, 0.2) is 0 Å². The van der Waals surface area contributed by atoms with Gasteiger partial charge in [0.15, 0.2) is 0 Å². The number of nitriles is 1. The topological polar surface area (TPSA) is 84.6 Å². The molecular formula is C6H10N2O3. The van der Waals surface area contributed by atoms with Crippen molar-refractivity contribution in [3.8, 4) is 6.07 Å². The summed E-state index contributed by atoms with van der Waals surface area (Å²) < 4.78 is 0. The monoisotopic (exact) mass is 158 g/mol. The Morgan fingerprint density at radius 3 is 2.64 bits per heavy atom. The van der Waals surface area contributed by atoms with Gasteiger partial charge in [-0.15, -0.1) is 0 Å². The Kier molecular flexibility index (Phi) is 5.07. The van der Waals surface area contributed by atoms with Crippen molar-refractivity contribution in [3.63, 3.8) is 0 Å². The largest absolute Gasteiger partial charge is 0.480 e. The number of carboxylic acid groups (broad SMARTS) is 1. The molecule has 0 rings (SSSR count). The predicted molar refractivity (Wildman–Crippen MR) is 36.8 cm³/mol. The second kappa shape index (κ2) is 5.65. The van der Waals surface area contributed by atoms with E-state index in [0.717, 1.165) is 0 Å². The van der Waals surface area contributed by atoms with Gasteiger partial charge < -0.3 is 10.2 Å². The van der Waals surface area contributed by atoms with Gasteiger partial charge in [0.1, 0.15) is 0 Å². The molecule has 0 unspecified atom stereocenters. The van der Waals surface area contributed by atoms with Crippen LogP contribution < -0.4 is 0 Å². The van der Waals surface area contributed by atoms with Gasteiger partial charge in [-0.05, 0) is 0 Å². The van der Waals surface area contributed by atoms with Crippen LogP contribution >= 0.6 is 0 Å². The van der Waals surface area contributed by atoms with Gasteiger partial charge in [-0.25, -0.2) is 0 Å². The molecule has 0 aliphatic carbocycles. The molecule has 0 spiro atoms. The molecule has 0 saturated carbocycles. The second-order valence-electron chi connectivity index (χ2n) is 1.99. The standard InChI is InChI=1S/C6H10N2O3/c7-1-2-8(3-4-9)5-6(10)11/h9H,2-5H2,(H,10,11). The molecule has 0 aromatic carbocycles. The average molecular weight is 158 g/mol. The molecule has 0 aromatic heterocycles. The van der Waals surface area contributed by atoms with Gasteiger partial charge in [-0.1, -0.05) is 0 Å². The normalized spacial score (nSPS) is 9.55. The quantitative estimate of drug-likeness (QED) is 0.495. The fourth-order valence-corrected chi connectivity index (χ4v) is 0.647. The molecule has 0 radical (unpaired) electrons. The third-order valence-corrected chi connectivity index (χ3v) is 1.07. The van der Waals surface area contributed by atoms with Crippen molar-refractivity contribution in [1.82, 2.24) is 4.90 Å². The number of nitrogens with zero attached hydrogens (tertiary/aromatic N) is 2. The zero-order chi connectivity index (χ0) is 8.69. The fourth-order valence-electron chi connectivity index (χ4n) is 0.647. The lowest BCUT2D eigenvalue weighted by molar-refractivity contribution is -0.138. The zero-order valence-corrected chi connectivity index (χ0v) is 6.03. The number of hydrogen-bond acceptors (Lipinski definition) is 4. The lowest BCUT2D eigenvalue weighted by atomic mass is 10.4. The van der Waals surface area contributed by atoms with Crippen molar-refractivity contribution in [3.05, 3.63) is 0 Å². The number of carbonyl (C=O) groups is 1. The van der Waals surface area contributed by atoms with Crippen LogP contribution in [0.3, 0.4) is 0 Å². The van der Waals surface area contributed by atoms with E-state index in [1.165, 1.54) is 4.90 Å². The van der Waals surface area contributed by atoms with Crippen LogP contribution in [-0.2, 0) is 4.79 Å². The van der Waals surface area contributed by atoms with Crippen LogP contribution in [0, 0.1) is 11.3 Å². The summed E-state index contributed by atoms with van der Waals surface area (Å²) in [6, 6.07) is 1.81. The molecule has 2 N–H and O–H groups in total. The van der Waals surface area contributed by atoms with Gasteiger partial charge in [0.25, 0.3) is 0 Å². The summed E-state index contributed by atoms with van der Waals surface area (Å²) >= 11 is 0. The van der Waals surface area contributed by atoms with E-state index >= 15 is 0 Å². The van der Waals surface area contributed by atoms with Crippen molar-refractivity contribution in [2.45, 2.75) is 0 Å². The van der Waals surface area contributed by atoms with E-state index in [1.807, 2.05) is 6.07 Å². The summed E-state index contributed by atoms with van der Waals surface area (Å²) in [5.74, 6) is -0.992. The molecule has 0 fully saturated rings. The van der Waals surface area contributed by atoms with E-state index in [0.29, 0.717) is 0 Å². The zero-order valence-electron chi connectivity index (χ0n) is 6.03. The molecule has 5 nitrogen and oxygen atoms in total. The van der Waals surface area contributed by atoms with E-state index in [4.69, 9.17) is 15.5 Å². The lowest BCUT2D eigenvalue weighted by Gasteiger charge is -2.13. The number of aliphatic hydroxyl groups excluding tert-OH is 1. The van der Waals surface area contributed by atoms with E-state index in [2.05, 4.69) is 0 Å². The predicted octanol–water partition coefficient (Wildman–Crippen LogP) is -1.11. The highest BCUT2D eigenvalue weighted by Gasteiger charge is 2.06. The Bertz CT molecular complexity index is 164. The minimum Gasteiger partial charge on any atom is -0.480 e. The van der Waals surface area contributed by atoms with Crippen molar-refractivity contribution < 1.29 is 15.0 Å². The molecule has 0 aliphatic heterocycles. The van der Waals surface area contributed by atoms with Gasteiger partial charge >= 0.3 is 5.97 Å². The van der Waals surface area contributed by atoms with Crippen molar-refractivity contribution >= 4 is 5.97 Å². The van der Waals surface area contributed by atoms with Crippen molar-refractivity contribution in [1.29, 1.82) is 5.26 Å². The first-order valence-electron chi connectivity index (χ1n) is 3.12. The first-order valence-corrected chi connectivity index (χ1v) is 3.12. The third kappa shape index (κ3) is 5.33. The Hall–Kier alpha value is -1.12. The second-order valence-corrected chi connectivity index (χ2v) is 1.99. The van der Waals surface area contributed by atoms with Gasteiger partial charge in [0.05, 0.1) is 25.8 Å². The van der Waals surface area contributed by atoms with Gasteiger partial charge in [0.2, 0.25) is 0 Å². The van der Waals surface area contributed by atoms with Crippen LogP contribution in [-0.4, -0.2) is 47.3 Å². The molecule has 0 aromatic rings. The number of rotatable bonds is 5. The SMILES string of the molecule is N#CCN(CCO)CC(=O)O. The third-order valence-electron chi connectivity index (χ3n) is 1.07. The molecule has 5 heteroatoms. The first-order chi connectivity index (χ1) is 5.20. The van der Waals surface area contributed by atoms with Crippen LogP contribution in [0.1, 0.15) is 0 Å². The van der Waals surface area contributed by atoms with Crippen LogP contribution in [0.25, 0.3) is 0 Å². The summed E-state index contributed by atoms with van der Waals surface area (Å²) in [6.45, 7) is -0.0736. The highest BCUT2D eigenvalue weighted by atomic mass is 16.4. The van der Waals surface area contributed by atoms with Crippen LogP contribution in [0.4, 0.5) is 0 Å².